The molecule has 9 heteroatoms. The predicted molar refractivity (Wildman–Crippen MR) is 91.5 cm³/mol. The highest BCUT2D eigenvalue weighted by Gasteiger charge is 2.42. The van der Waals surface area contributed by atoms with Crippen LogP contribution in [-0.4, -0.2) is 42.6 Å². The minimum absolute atomic E-state index is 0.0343. The Bertz CT molecular complexity index is 820. The Labute approximate surface area is 154 Å². The van der Waals surface area contributed by atoms with Gasteiger partial charge in [0.2, 0.25) is 0 Å². The molecule has 1 aromatic rings. The average Bonchev–Trinajstić information content (AvgIpc) is 3.03. The highest BCUT2D eigenvalue weighted by Crippen LogP contribution is 2.35. The number of carbonyl (C=O) groups is 2. The van der Waals surface area contributed by atoms with E-state index in [0.717, 1.165) is 6.07 Å². The monoisotopic (exact) mass is 383 g/mol. The Kier molecular flexibility index (Phi) is 4.90. The number of ether oxygens (including phenoxy) is 1. The van der Waals surface area contributed by atoms with Crippen molar-refractivity contribution in [3.63, 3.8) is 0 Å². The summed E-state index contributed by atoms with van der Waals surface area (Å²) in [5.74, 6) is -1.02. The van der Waals surface area contributed by atoms with E-state index in [1.54, 1.807) is 11.9 Å². The second-order valence-electron chi connectivity index (χ2n) is 6.51. The zero-order valence-corrected chi connectivity index (χ0v) is 15.2. The van der Waals surface area contributed by atoms with Crippen LogP contribution in [0.4, 0.5) is 18.9 Å². The van der Waals surface area contributed by atoms with E-state index < -0.39 is 23.6 Å². The van der Waals surface area contributed by atoms with Gasteiger partial charge in [0, 0.05) is 18.8 Å². The fraction of sp³-hybridized carbons (Fsp3) is 0.444. The Morgan fingerprint density at radius 3 is 2.67 bits per heavy atom. The number of alkyl halides is 3. The summed E-state index contributed by atoms with van der Waals surface area (Å²) in [4.78, 5) is 26.6. The molecule has 0 aliphatic carbocycles. The number of nitrogens with zero attached hydrogens (tertiary/aromatic N) is 2. The van der Waals surface area contributed by atoms with Crippen LogP contribution in [0.5, 0.6) is 0 Å². The lowest BCUT2D eigenvalue weighted by Gasteiger charge is -2.39. The van der Waals surface area contributed by atoms with Crippen molar-refractivity contribution in [3.05, 3.63) is 40.6 Å². The van der Waals surface area contributed by atoms with Crippen molar-refractivity contribution in [1.29, 1.82) is 0 Å². The number of hydrogen-bond donors (Lipinski definition) is 1. The Balaban J connectivity index is 1.98. The molecule has 1 N–H and O–H groups in total. The molecule has 0 spiro atoms. The molecule has 1 unspecified atom stereocenters. The highest BCUT2D eigenvalue weighted by molar-refractivity contribution is 6.11. The molecule has 0 bridgehead atoms. The predicted octanol–water partition coefficient (Wildman–Crippen LogP) is 2.39. The van der Waals surface area contributed by atoms with Crippen LogP contribution in [0.1, 0.15) is 25.0 Å². The van der Waals surface area contributed by atoms with Crippen molar-refractivity contribution in [2.45, 2.75) is 33.0 Å². The van der Waals surface area contributed by atoms with Gasteiger partial charge in [0.25, 0.3) is 5.91 Å². The third kappa shape index (κ3) is 3.39. The number of anilines is 1. The van der Waals surface area contributed by atoms with E-state index in [2.05, 4.69) is 5.43 Å². The summed E-state index contributed by atoms with van der Waals surface area (Å²) in [6.45, 7) is 5.52. The number of aryl methyl sites for hydroxylation is 1. The number of halogens is 3. The van der Waals surface area contributed by atoms with Gasteiger partial charge in [-0.1, -0.05) is 0 Å². The van der Waals surface area contributed by atoms with Crippen LogP contribution in [0, 0.1) is 6.92 Å². The molecule has 1 aromatic carbocycles. The smallest absolute Gasteiger partial charge is 0.416 e. The molecule has 6 nitrogen and oxygen atoms in total. The average molecular weight is 383 g/mol. The Morgan fingerprint density at radius 2 is 2.07 bits per heavy atom. The molecule has 0 aromatic heterocycles. The number of rotatable bonds is 3. The molecular weight excluding hydrogens is 363 g/mol. The second kappa shape index (κ2) is 6.88. The first-order valence-electron chi connectivity index (χ1n) is 8.57. The molecule has 1 saturated heterocycles. The fourth-order valence-electron chi connectivity index (χ4n) is 3.38. The Hall–Kier alpha value is -2.55. The third-order valence-corrected chi connectivity index (χ3v) is 4.64. The Morgan fingerprint density at radius 1 is 1.37 bits per heavy atom. The topological polar surface area (TPSA) is 61.9 Å². The van der Waals surface area contributed by atoms with Crippen molar-refractivity contribution in [2.24, 2.45) is 0 Å². The van der Waals surface area contributed by atoms with Crippen molar-refractivity contribution in [2.75, 3.05) is 24.6 Å². The molecule has 0 radical (unpaired) electrons. The lowest BCUT2D eigenvalue weighted by Crippen LogP contribution is -2.55. The minimum Gasteiger partial charge on any atom is -0.463 e. The maximum absolute atomic E-state index is 13.0. The van der Waals surface area contributed by atoms with Gasteiger partial charge in [-0.2, -0.15) is 13.2 Å². The zero-order chi connectivity index (χ0) is 19.9. The van der Waals surface area contributed by atoms with Gasteiger partial charge >= 0.3 is 12.1 Å². The van der Waals surface area contributed by atoms with Crippen molar-refractivity contribution < 1.29 is 27.5 Å². The van der Waals surface area contributed by atoms with Crippen LogP contribution in [0.3, 0.4) is 0 Å². The van der Waals surface area contributed by atoms with E-state index in [1.807, 2.05) is 6.92 Å². The second-order valence-corrected chi connectivity index (χ2v) is 6.51. The van der Waals surface area contributed by atoms with Crippen molar-refractivity contribution in [3.8, 4) is 0 Å². The first-order valence-corrected chi connectivity index (χ1v) is 8.57. The van der Waals surface area contributed by atoms with Gasteiger partial charge in [0.05, 0.1) is 23.8 Å². The number of carbonyl (C=O) groups excluding carboxylic acids is 2. The van der Waals surface area contributed by atoms with Gasteiger partial charge in [-0.05, 0) is 44.5 Å². The van der Waals surface area contributed by atoms with Crippen LogP contribution in [0.15, 0.2) is 29.5 Å². The lowest BCUT2D eigenvalue weighted by molar-refractivity contribution is -0.139. The number of hydrogen-bond acceptors (Lipinski definition) is 5. The standard InChI is InChI=1S/C18H20F3N3O3/c1-4-27-17(26)13-8-22-24-11(3)9-23(16(25)15(13)24)12-5-6-14(10(2)7-12)18(19,20)21/h5-7,11,22H,4,8-9H2,1-3H3. The molecule has 2 aliphatic heterocycles. The van der Waals surface area contributed by atoms with E-state index >= 15 is 0 Å². The maximum atomic E-state index is 13.0. The van der Waals surface area contributed by atoms with Gasteiger partial charge in [-0.3, -0.25) is 9.80 Å². The third-order valence-electron chi connectivity index (χ3n) is 4.64. The summed E-state index contributed by atoms with van der Waals surface area (Å²) in [7, 11) is 0. The number of fused-ring (bicyclic) bond motifs is 1. The van der Waals surface area contributed by atoms with Gasteiger partial charge in [-0.25, -0.2) is 10.2 Å². The first-order chi connectivity index (χ1) is 12.6. The summed E-state index contributed by atoms with van der Waals surface area (Å²) in [5, 5.41) is 1.63. The summed E-state index contributed by atoms with van der Waals surface area (Å²) in [6, 6.07) is 3.43. The van der Waals surface area contributed by atoms with E-state index in [-0.39, 0.29) is 42.6 Å². The summed E-state index contributed by atoms with van der Waals surface area (Å²) in [5.41, 5.74) is 3.07. The van der Waals surface area contributed by atoms with Crippen LogP contribution in [0.2, 0.25) is 0 Å². The lowest BCUT2D eigenvalue weighted by atomic mass is 10.0. The van der Waals surface area contributed by atoms with Gasteiger partial charge < -0.3 is 9.64 Å². The maximum Gasteiger partial charge on any atom is 0.416 e. The fourth-order valence-corrected chi connectivity index (χ4v) is 3.38. The SMILES string of the molecule is CCOC(=O)C1=C2C(=O)N(c3ccc(C(F)(F)F)c(C)c3)CC(C)N2NC1. The molecule has 2 heterocycles. The molecule has 1 atom stereocenters. The largest absolute Gasteiger partial charge is 0.463 e. The zero-order valence-electron chi connectivity index (χ0n) is 15.2. The first kappa shape index (κ1) is 19.2. The van der Waals surface area contributed by atoms with E-state index in [1.165, 1.54) is 24.0 Å². The molecule has 2 aliphatic rings. The molecule has 1 amide bonds. The number of benzene rings is 1. The molecule has 27 heavy (non-hydrogen) atoms. The molecule has 146 valence electrons. The molecule has 0 saturated carbocycles. The van der Waals surface area contributed by atoms with Crippen molar-refractivity contribution >= 4 is 17.6 Å². The molecular formula is C18H20F3N3O3. The van der Waals surface area contributed by atoms with Crippen LogP contribution >= 0.6 is 0 Å². The van der Waals surface area contributed by atoms with Gasteiger partial charge in [0.1, 0.15) is 5.70 Å². The summed E-state index contributed by atoms with van der Waals surface area (Å²) < 4.78 is 44.0. The van der Waals surface area contributed by atoms with Gasteiger partial charge in [0.15, 0.2) is 0 Å². The van der Waals surface area contributed by atoms with Crippen molar-refractivity contribution in [1.82, 2.24) is 10.4 Å². The minimum atomic E-state index is -4.45. The van der Waals surface area contributed by atoms with Gasteiger partial charge in [-0.15, -0.1) is 0 Å². The number of esters is 1. The van der Waals surface area contributed by atoms with E-state index in [4.69, 9.17) is 4.74 Å². The normalized spacial score (nSPS) is 20.2. The van der Waals surface area contributed by atoms with E-state index in [9.17, 15) is 22.8 Å². The number of nitrogens with one attached hydrogen (secondary N) is 1. The molecule has 1 fully saturated rings. The van der Waals surface area contributed by atoms with E-state index in [0.29, 0.717) is 5.69 Å². The number of amides is 1. The molecule has 3 rings (SSSR count). The quantitative estimate of drug-likeness (QED) is 0.813. The highest BCUT2D eigenvalue weighted by atomic mass is 19.4. The van der Waals surface area contributed by atoms with Crippen LogP contribution < -0.4 is 10.3 Å². The number of hydrazine groups is 1. The van der Waals surface area contributed by atoms with Crippen LogP contribution in [0.25, 0.3) is 0 Å². The number of piperazine rings is 1. The van der Waals surface area contributed by atoms with Crippen LogP contribution in [-0.2, 0) is 20.5 Å². The summed E-state index contributed by atoms with van der Waals surface area (Å²) in [6.07, 6.45) is -4.45. The summed E-state index contributed by atoms with van der Waals surface area (Å²) >= 11 is 0.